The lowest BCUT2D eigenvalue weighted by atomic mass is 9.98. The topological polar surface area (TPSA) is 51.5 Å². The van der Waals surface area contributed by atoms with Gasteiger partial charge in [0.2, 0.25) is 0 Å². The van der Waals surface area contributed by atoms with E-state index in [4.69, 9.17) is 16.3 Å². The minimum absolute atomic E-state index is 0.123. The number of benzene rings is 1. The zero-order valence-electron chi connectivity index (χ0n) is 20.6. The number of likely N-dealkylation sites (tertiary alicyclic amines) is 1. The molecule has 2 aromatic rings. The molecule has 0 amide bonds. The first-order chi connectivity index (χ1) is 15.7. The number of hydrogen-bond donors (Lipinski definition) is 0. The number of nitrogens with zero attached hydrogens (tertiary/aromatic N) is 2. The predicted molar refractivity (Wildman–Crippen MR) is 134 cm³/mol. The minimum Gasteiger partial charge on any atom is -0.465 e. The molecule has 1 aliphatic rings. The number of carbonyl (C=O) groups is 1. The van der Waals surface area contributed by atoms with Crippen LogP contribution in [0.2, 0.25) is 5.02 Å². The first-order valence-corrected chi connectivity index (χ1v) is 12.4. The third-order valence-corrected chi connectivity index (χ3v) is 6.88. The third kappa shape index (κ3) is 6.27. The van der Waals surface area contributed by atoms with Crippen LogP contribution in [0.25, 0.3) is 0 Å². The van der Waals surface area contributed by atoms with Crippen LogP contribution in [0.5, 0.6) is 0 Å². The second kappa shape index (κ2) is 11.3. The van der Waals surface area contributed by atoms with Gasteiger partial charge in [-0.25, -0.2) is 4.79 Å². The van der Waals surface area contributed by atoms with Crippen molar-refractivity contribution >= 4 is 17.6 Å². The lowest BCUT2D eigenvalue weighted by molar-refractivity contribution is 0.0600. The normalized spacial score (nSPS) is 16.7. The molecule has 3 rings (SSSR count). The molecule has 6 heteroatoms. The highest BCUT2D eigenvalue weighted by Crippen LogP contribution is 2.29. The number of ether oxygens (including phenoxy) is 1. The SMILES string of the molecule is COC(=O)c1ccc(CCn2c(CN3CCC[C@@H]3CC(C)C)c(C(C)C)cc(Cl)c2=O)cc1. The molecule has 0 unspecified atom stereocenters. The fourth-order valence-electron chi connectivity index (χ4n) is 4.87. The van der Waals surface area contributed by atoms with Gasteiger partial charge in [-0.05, 0) is 73.4 Å². The fourth-order valence-corrected chi connectivity index (χ4v) is 5.09. The van der Waals surface area contributed by atoms with Gasteiger partial charge in [-0.2, -0.15) is 0 Å². The Hall–Kier alpha value is -2.11. The highest BCUT2D eigenvalue weighted by atomic mass is 35.5. The predicted octanol–water partition coefficient (Wildman–Crippen LogP) is 5.66. The Morgan fingerprint density at radius 1 is 1.18 bits per heavy atom. The fraction of sp³-hybridized carbons (Fsp3) is 0.556. The Kier molecular flexibility index (Phi) is 8.77. The number of pyridine rings is 1. The van der Waals surface area contributed by atoms with Crippen molar-refractivity contribution < 1.29 is 9.53 Å². The van der Waals surface area contributed by atoms with Gasteiger partial charge < -0.3 is 9.30 Å². The molecule has 1 aromatic carbocycles. The molecule has 1 fully saturated rings. The monoisotopic (exact) mass is 472 g/mol. The number of hydrogen-bond acceptors (Lipinski definition) is 4. The van der Waals surface area contributed by atoms with E-state index in [1.165, 1.54) is 26.4 Å². The largest absolute Gasteiger partial charge is 0.465 e. The zero-order valence-corrected chi connectivity index (χ0v) is 21.3. The van der Waals surface area contributed by atoms with Crippen LogP contribution in [0.4, 0.5) is 0 Å². The van der Waals surface area contributed by atoms with Gasteiger partial charge in [0.15, 0.2) is 0 Å². The molecule has 1 saturated heterocycles. The van der Waals surface area contributed by atoms with E-state index in [1.807, 2.05) is 22.8 Å². The summed E-state index contributed by atoms with van der Waals surface area (Å²) in [6.07, 6.45) is 4.29. The highest BCUT2D eigenvalue weighted by molar-refractivity contribution is 6.30. The van der Waals surface area contributed by atoms with E-state index >= 15 is 0 Å². The molecule has 0 aliphatic carbocycles. The summed E-state index contributed by atoms with van der Waals surface area (Å²) in [5.74, 6) is 0.577. The maximum atomic E-state index is 13.2. The van der Waals surface area contributed by atoms with Gasteiger partial charge in [-0.3, -0.25) is 9.69 Å². The van der Waals surface area contributed by atoms with Crippen LogP contribution in [-0.4, -0.2) is 35.1 Å². The molecule has 0 spiro atoms. The van der Waals surface area contributed by atoms with Crippen LogP contribution >= 0.6 is 11.6 Å². The number of methoxy groups -OCH3 is 1. The number of carbonyl (C=O) groups excluding carboxylic acids is 1. The van der Waals surface area contributed by atoms with Gasteiger partial charge in [-0.15, -0.1) is 0 Å². The summed E-state index contributed by atoms with van der Waals surface area (Å²) in [4.78, 5) is 27.4. The highest BCUT2D eigenvalue weighted by Gasteiger charge is 2.27. The molecule has 0 saturated carbocycles. The van der Waals surface area contributed by atoms with E-state index in [1.54, 1.807) is 12.1 Å². The first kappa shape index (κ1) is 25.5. The van der Waals surface area contributed by atoms with Crippen LogP contribution in [0.15, 0.2) is 35.1 Å². The number of aryl methyl sites for hydroxylation is 1. The number of esters is 1. The van der Waals surface area contributed by atoms with Crippen LogP contribution in [-0.2, 0) is 24.2 Å². The summed E-state index contributed by atoms with van der Waals surface area (Å²) < 4.78 is 6.66. The molecule has 5 nitrogen and oxygen atoms in total. The number of halogens is 1. The number of rotatable bonds is 9. The van der Waals surface area contributed by atoms with Gasteiger partial charge >= 0.3 is 5.97 Å². The first-order valence-electron chi connectivity index (χ1n) is 12.0. The molecular formula is C27H37ClN2O3. The second-order valence-electron chi connectivity index (χ2n) is 9.84. The van der Waals surface area contributed by atoms with Crippen molar-refractivity contribution in [3.63, 3.8) is 0 Å². The van der Waals surface area contributed by atoms with Crippen molar-refractivity contribution in [2.75, 3.05) is 13.7 Å². The van der Waals surface area contributed by atoms with Crippen molar-refractivity contribution in [1.29, 1.82) is 0 Å². The van der Waals surface area contributed by atoms with Crippen LogP contribution in [0, 0.1) is 5.92 Å². The Morgan fingerprint density at radius 3 is 2.48 bits per heavy atom. The zero-order chi connectivity index (χ0) is 24.1. The minimum atomic E-state index is -0.349. The second-order valence-corrected chi connectivity index (χ2v) is 10.2. The molecule has 1 atom stereocenters. The van der Waals surface area contributed by atoms with Crippen molar-refractivity contribution in [2.45, 2.75) is 78.4 Å². The lowest BCUT2D eigenvalue weighted by Crippen LogP contribution is -2.35. The van der Waals surface area contributed by atoms with Gasteiger partial charge in [-0.1, -0.05) is 51.4 Å². The smallest absolute Gasteiger partial charge is 0.337 e. The summed E-state index contributed by atoms with van der Waals surface area (Å²) in [6, 6.07) is 9.81. The van der Waals surface area contributed by atoms with Crippen molar-refractivity contribution in [3.8, 4) is 0 Å². The van der Waals surface area contributed by atoms with E-state index in [-0.39, 0.29) is 22.5 Å². The average Bonchev–Trinajstić information content (AvgIpc) is 3.21. The summed E-state index contributed by atoms with van der Waals surface area (Å²) in [6.45, 7) is 11.3. The number of aromatic nitrogens is 1. The average molecular weight is 473 g/mol. The molecule has 180 valence electrons. The Bertz CT molecular complexity index is 1010. The van der Waals surface area contributed by atoms with Crippen molar-refractivity contribution in [2.24, 2.45) is 5.92 Å². The van der Waals surface area contributed by atoms with Gasteiger partial charge in [0.25, 0.3) is 5.56 Å². The van der Waals surface area contributed by atoms with E-state index in [0.717, 1.165) is 29.9 Å². The Morgan fingerprint density at radius 2 is 1.88 bits per heavy atom. The molecule has 1 aliphatic heterocycles. The summed E-state index contributed by atoms with van der Waals surface area (Å²) in [7, 11) is 1.38. The van der Waals surface area contributed by atoms with Crippen LogP contribution in [0.1, 0.15) is 80.1 Å². The maximum absolute atomic E-state index is 13.2. The van der Waals surface area contributed by atoms with E-state index in [2.05, 4.69) is 32.6 Å². The molecule has 0 bridgehead atoms. The van der Waals surface area contributed by atoms with Gasteiger partial charge in [0, 0.05) is 24.8 Å². The quantitative estimate of drug-likeness (QED) is 0.441. The van der Waals surface area contributed by atoms with E-state index < -0.39 is 0 Å². The van der Waals surface area contributed by atoms with Gasteiger partial charge in [0.1, 0.15) is 5.02 Å². The Labute approximate surface area is 202 Å². The lowest BCUT2D eigenvalue weighted by Gasteiger charge is -2.29. The summed E-state index contributed by atoms with van der Waals surface area (Å²) >= 11 is 6.40. The van der Waals surface area contributed by atoms with E-state index in [0.29, 0.717) is 30.5 Å². The van der Waals surface area contributed by atoms with Crippen LogP contribution in [0.3, 0.4) is 0 Å². The molecule has 33 heavy (non-hydrogen) atoms. The van der Waals surface area contributed by atoms with Gasteiger partial charge in [0.05, 0.1) is 12.7 Å². The molecular weight excluding hydrogens is 436 g/mol. The van der Waals surface area contributed by atoms with E-state index in [9.17, 15) is 9.59 Å². The molecule has 1 aromatic heterocycles. The van der Waals surface area contributed by atoms with Crippen molar-refractivity contribution in [1.82, 2.24) is 9.47 Å². The molecule has 0 N–H and O–H groups in total. The van der Waals surface area contributed by atoms with Crippen LogP contribution < -0.4 is 5.56 Å². The summed E-state index contributed by atoms with van der Waals surface area (Å²) in [5, 5.41) is 0.281. The summed E-state index contributed by atoms with van der Waals surface area (Å²) in [5.41, 5.74) is 3.69. The molecule has 2 heterocycles. The third-order valence-electron chi connectivity index (χ3n) is 6.61. The molecule has 0 radical (unpaired) electrons. The maximum Gasteiger partial charge on any atom is 0.337 e. The van der Waals surface area contributed by atoms with Crippen molar-refractivity contribution in [3.05, 3.63) is 68.1 Å². The Balaban J connectivity index is 1.90. The standard InChI is InChI=1S/C27H37ClN2O3/c1-18(2)15-22-7-6-13-29(22)17-25-23(19(3)4)16-24(28)26(31)30(25)14-12-20-8-10-21(11-9-20)27(32)33-5/h8-11,16,18-19,22H,6-7,12-15,17H2,1-5H3/t22-/m1/s1.